The Kier molecular flexibility index (Phi) is 6.81. The molecular weight excluding hydrogens is 476 g/mol. The number of rotatable bonds is 5. The van der Waals surface area contributed by atoms with Crippen LogP contribution in [0.25, 0.3) is 6.08 Å². The largest absolute Gasteiger partial charge is 0.463 e. The average Bonchev–Trinajstić information content (AvgIpc) is 3.07. The van der Waals surface area contributed by atoms with Crippen molar-refractivity contribution in [3.63, 3.8) is 0 Å². The van der Waals surface area contributed by atoms with Gasteiger partial charge >= 0.3 is 11.9 Å². The van der Waals surface area contributed by atoms with Crippen LogP contribution in [0.3, 0.4) is 0 Å². The van der Waals surface area contributed by atoms with Crippen LogP contribution in [0, 0.1) is 0 Å². The molecular formula is C25H21ClN2O5S. The molecule has 34 heavy (non-hydrogen) atoms. The fourth-order valence-electron chi connectivity index (χ4n) is 3.74. The summed E-state index contributed by atoms with van der Waals surface area (Å²) in [6.07, 6.45) is 1.75. The fourth-order valence-corrected chi connectivity index (χ4v) is 4.98. The Hall–Kier alpha value is -3.49. The number of ether oxygens (including phenoxy) is 2. The van der Waals surface area contributed by atoms with Gasteiger partial charge in [0.05, 0.1) is 28.5 Å². The van der Waals surface area contributed by atoms with Crippen LogP contribution in [-0.4, -0.2) is 23.1 Å². The Balaban J connectivity index is 1.91. The van der Waals surface area contributed by atoms with Gasteiger partial charge in [0.15, 0.2) is 4.80 Å². The molecule has 0 aliphatic carbocycles. The average molecular weight is 497 g/mol. The smallest absolute Gasteiger partial charge is 0.338 e. The third-order valence-electron chi connectivity index (χ3n) is 5.12. The second kappa shape index (κ2) is 9.79. The van der Waals surface area contributed by atoms with Gasteiger partial charge in [-0.15, -0.1) is 0 Å². The Bertz CT molecular complexity index is 1480. The van der Waals surface area contributed by atoms with Crippen LogP contribution in [-0.2, 0) is 14.3 Å². The molecule has 9 heteroatoms. The molecule has 174 valence electrons. The van der Waals surface area contributed by atoms with E-state index in [2.05, 4.69) is 4.99 Å². The summed E-state index contributed by atoms with van der Waals surface area (Å²) in [5, 5.41) is 0.563. The maximum absolute atomic E-state index is 13.5. The lowest BCUT2D eigenvalue weighted by molar-refractivity contribution is -0.139. The van der Waals surface area contributed by atoms with Crippen molar-refractivity contribution in [3.05, 3.63) is 95.6 Å². The van der Waals surface area contributed by atoms with Crippen LogP contribution in [0.4, 0.5) is 0 Å². The van der Waals surface area contributed by atoms with Gasteiger partial charge in [-0.2, -0.15) is 0 Å². The molecule has 4 rings (SSSR count). The highest BCUT2D eigenvalue weighted by Crippen LogP contribution is 2.31. The molecule has 2 aromatic carbocycles. The van der Waals surface area contributed by atoms with Gasteiger partial charge in [0, 0.05) is 11.9 Å². The number of allylic oxidation sites excluding steroid dienone is 1. The highest BCUT2D eigenvalue weighted by Gasteiger charge is 2.33. The molecule has 0 amide bonds. The molecule has 3 aromatic rings. The predicted octanol–water partition coefficient (Wildman–Crippen LogP) is 3.38. The first-order valence-corrected chi connectivity index (χ1v) is 11.7. The standard InChI is InChI=1S/C25H21ClN2O5S/c1-4-32-24(31)21-14(2)27-25-28(22(21)17-8-10-19(11-9-17)33-15(3)29)23(30)20(34-25)13-16-6-5-7-18(26)12-16/h5-13,22H,4H2,1-3H3/b20-13-/t22-/m0/s1. The maximum Gasteiger partial charge on any atom is 0.338 e. The minimum Gasteiger partial charge on any atom is -0.463 e. The SMILES string of the molecule is CCOC(=O)C1=C(C)N=c2s/c(=C\c3cccc(Cl)c3)c(=O)n2[C@H]1c1ccc(OC(C)=O)cc1. The Morgan fingerprint density at radius 2 is 1.94 bits per heavy atom. The summed E-state index contributed by atoms with van der Waals surface area (Å²) < 4.78 is 12.4. The van der Waals surface area contributed by atoms with E-state index in [9.17, 15) is 14.4 Å². The molecule has 0 unspecified atom stereocenters. The summed E-state index contributed by atoms with van der Waals surface area (Å²) >= 11 is 7.33. The van der Waals surface area contributed by atoms with Crippen LogP contribution >= 0.6 is 22.9 Å². The third kappa shape index (κ3) is 4.73. The number of hydrogen-bond acceptors (Lipinski definition) is 7. The first kappa shape index (κ1) is 23.7. The van der Waals surface area contributed by atoms with Gasteiger partial charge in [-0.3, -0.25) is 14.2 Å². The van der Waals surface area contributed by atoms with Crippen molar-refractivity contribution >= 4 is 41.0 Å². The molecule has 0 saturated carbocycles. The van der Waals surface area contributed by atoms with E-state index >= 15 is 0 Å². The lowest BCUT2D eigenvalue weighted by Gasteiger charge is -2.24. The first-order chi connectivity index (χ1) is 16.3. The van der Waals surface area contributed by atoms with E-state index in [1.807, 2.05) is 12.1 Å². The van der Waals surface area contributed by atoms with Crippen molar-refractivity contribution in [2.24, 2.45) is 4.99 Å². The van der Waals surface area contributed by atoms with Crippen molar-refractivity contribution in [1.82, 2.24) is 4.57 Å². The van der Waals surface area contributed by atoms with Gasteiger partial charge < -0.3 is 9.47 Å². The highest BCUT2D eigenvalue weighted by atomic mass is 35.5. The molecule has 0 bridgehead atoms. The molecule has 0 N–H and O–H groups in total. The van der Waals surface area contributed by atoms with Crippen LogP contribution in [0.5, 0.6) is 5.75 Å². The summed E-state index contributed by atoms with van der Waals surface area (Å²) in [6, 6.07) is 13.1. The molecule has 0 radical (unpaired) electrons. The molecule has 0 saturated heterocycles. The van der Waals surface area contributed by atoms with Gasteiger partial charge in [-0.25, -0.2) is 9.79 Å². The minimum atomic E-state index is -0.747. The lowest BCUT2D eigenvalue weighted by atomic mass is 9.96. The van der Waals surface area contributed by atoms with E-state index in [0.717, 1.165) is 5.56 Å². The van der Waals surface area contributed by atoms with Crippen molar-refractivity contribution in [2.75, 3.05) is 6.61 Å². The van der Waals surface area contributed by atoms with Crippen molar-refractivity contribution in [1.29, 1.82) is 0 Å². The van der Waals surface area contributed by atoms with Gasteiger partial charge in [0.1, 0.15) is 5.75 Å². The maximum atomic E-state index is 13.5. The van der Waals surface area contributed by atoms with Crippen LogP contribution in [0.1, 0.15) is 37.9 Å². The summed E-state index contributed by atoms with van der Waals surface area (Å²) in [4.78, 5) is 42.8. The van der Waals surface area contributed by atoms with Crippen molar-refractivity contribution in [2.45, 2.75) is 26.8 Å². The summed E-state index contributed by atoms with van der Waals surface area (Å²) in [6.45, 7) is 4.95. The minimum absolute atomic E-state index is 0.187. The normalized spacial score (nSPS) is 15.5. The number of thiazole rings is 1. The van der Waals surface area contributed by atoms with Gasteiger partial charge in [0.2, 0.25) is 0 Å². The van der Waals surface area contributed by atoms with Crippen LogP contribution in [0.2, 0.25) is 5.02 Å². The molecule has 7 nitrogen and oxygen atoms in total. The third-order valence-corrected chi connectivity index (χ3v) is 6.34. The molecule has 0 spiro atoms. The molecule has 2 heterocycles. The predicted molar refractivity (Wildman–Crippen MR) is 130 cm³/mol. The molecule has 0 fully saturated rings. The Morgan fingerprint density at radius 1 is 1.21 bits per heavy atom. The second-order valence-corrected chi connectivity index (χ2v) is 8.97. The van der Waals surface area contributed by atoms with E-state index in [0.29, 0.717) is 31.4 Å². The van der Waals surface area contributed by atoms with Gasteiger partial charge in [-0.1, -0.05) is 47.2 Å². The van der Waals surface area contributed by atoms with E-state index in [1.165, 1.54) is 22.8 Å². The summed E-state index contributed by atoms with van der Waals surface area (Å²) in [7, 11) is 0. The number of carbonyl (C=O) groups excluding carboxylic acids is 2. The zero-order valence-corrected chi connectivity index (χ0v) is 20.3. The number of carbonyl (C=O) groups is 2. The van der Waals surface area contributed by atoms with Crippen molar-refractivity contribution in [3.8, 4) is 5.75 Å². The van der Waals surface area contributed by atoms with E-state index < -0.39 is 18.0 Å². The molecule has 1 aliphatic rings. The van der Waals surface area contributed by atoms with Gasteiger partial charge in [-0.05, 0) is 55.3 Å². The monoisotopic (exact) mass is 496 g/mol. The van der Waals surface area contributed by atoms with E-state index in [-0.39, 0.29) is 17.7 Å². The first-order valence-electron chi connectivity index (χ1n) is 10.5. The zero-order valence-electron chi connectivity index (χ0n) is 18.7. The van der Waals surface area contributed by atoms with Crippen LogP contribution < -0.4 is 19.6 Å². The fraction of sp³-hybridized carbons (Fsp3) is 0.200. The van der Waals surface area contributed by atoms with E-state index in [4.69, 9.17) is 21.1 Å². The van der Waals surface area contributed by atoms with E-state index in [1.54, 1.807) is 56.3 Å². The number of aromatic nitrogens is 1. The lowest BCUT2D eigenvalue weighted by Crippen LogP contribution is -2.39. The number of fused-ring (bicyclic) bond motifs is 1. The summed E-state index contributed by atoms with van der Waals surface area (Å²) in [5.74, 6) is -0.616. The number of nitrogens with zero attached hydrogens (tertiary/aromatic N) is 2. The van der Waals surface area contributed by atoms with Crippen molar-refractivity contribution < 1.29 is 19.1 Å². The number of esters is 2. The molecule has 1 aromatic heterocycles. The molecule has 1 atom stereocenters. The summed E-state index contributed by atoms with van der Waals surface area (Å²) in [5.41, 5.74) is 1.91. The zero-order chi connectivity index (χ0) is 24.4. The molecule has 1 aliphatic heterocycles. The quantitative estimate of drug-likeness (QED) is 0.399. The van der Waals surface area contributed by atoms with Crippen LogP contribution in [0.15, 0.2) is 69.6 Å². The highest BCUT2D eigenvalue weighted by molar-refractivity contribution is 7.07. The number of hydrogen-bond donors (Lipinski definition) is 0. The Morgan fingerprint density at radius 3 is 2.59 bits per heavy atom. The van der Waals surface area contributed by atoms with Gasteiger partial charge in [0.25, 0.3) is 5.56 Å². The number of halogens is 1. The second-order valence-electron chi connectivity index (χ2n) is 7.52. The topological polar surface area (TPSA) is 87.0 Å². The Labute approximate surface area is 204 Å². The number of benzene rings is 2.